The fourth-order valence-corrected chi connectivity index (χ4v) is 3.62. The Morgan fingerprint density at radius 2 is 2.33 bits per heavy atom. The standard InChI is InChI=1S/C15H21NO2/c1-10-3-2-4-11(7-10)14(17)15(9-16)8-12-5-6-13(15)18-12/h2-4,7,12-14,17H,5-6,8-9,16H2,1H3. The van der Waals surface area contributed by atoms with Crippen molar-refractivity contribution in [2.75, 3.05) is 6.54 Å². The van der Waals surface area contributed by atoms with Gasteiger partial charge in [0.2, 0.25) is 0 Å². The largest absolute Gasteiger partial charge is 0.388 e. The van der Waals surface area contributed by atoms with Crippen LogP contribution in [0.15, 0.2) is 24.3 Å². The summed E-state index contributed by atoms with van der Waals surface area (Å²) in [5.74, 6) is 0. The number of benzene rings is 1. The van der Waals surface area contributed by atoms with E-state index in [-0.39, 0.29) is 11.5 Å². The third-order valence-electron chi connectivity index (χ3n) is 4.64. The Morgan fingerprint density at radius 1 is 1.50 bits per heavy atom. The molecule has 4 unspecified atom stereocenters. The van der Waals surface area contributed by atoms with E-state index >= 15 is 0 Å². The number of aliphatic hydroxyl groups excluding tert-OH is 1. The molecule has 2 aliphatic heterocycles. The van der Waals surface area contributed by atoms with Crippen molar-refractivity contribution in [1.82, 2.24) is 0 Å². The minimum absolute atomic E-state index is 0.128. The SMILES string of the molecule is Cc1cccc(C(O)C2(CN)CC3CCC2O3)c1. The van der Waals surface area contributed by atoms with Crippen LogP contribution in [0.25, 0.3) is 0 Å². The van der Waals surface area contributed by atoms with Gasteiger partial charge in [-0.15, -0.1) is 0 Å². The average Bonchev–Trinajstić information content (AvgIpc) is 2.98. The summed E-state index contributed by atoms with van der Waals surface area (Å²) < 4.78 is 5.91. The monoisotopic (exact) mass is 247 g/mol. The fourth-order valence-electron chi connectivity index (χ4n) is 3.62. The summed E-state index contributed by atoms with van der Waals surface area (Å²) in [7, 11) is 0. The molecule has 0 spiro atoms. The van der Waals surface area contributed by atoms with Crippen LogP contribution < -0.4 is 5.73 Å². The Hall–Kier alpha value is -0.900. The molecule has 0 radical (unpaired) electrons. The van der Waals surface area contributed by atoms with Crippen LogP contribution in [0.5, 0.6) is 0 Å². The summed E-state index contributed by atoms with van der Waals surface area (Å²) in [6.45, 7) is 2.53. The molecule has 2 fully saturated rings. The van der Waals surface area contributed by atoms with Crippen molar-refractivity contribution in [1.29, 1.82) is 0 Å². The summed E-state index contributed by atoms with van der Waals surface area (Å²) in [6, 6.07) is 8.07. The minimum atomic E-state index is -0.516. The summed E-state index contributed by atoms with van der Waals surface area (Å²) in [4.78, 5) is 0. The summed E-state index contributed by atoms with van der Waals surface area (Å²) >= 11 is 0. The van der Waals surface area contributed by atoms with E-state index in [1.165, 1.54) is 5.56 Å². The molecule has 2 aliphatic rings. The van der Waals surface area contributed by atoms with E-state index in [1.54, 1.807) is 0 Å². The van der Waals surface area contributed by atoms with Crippen LogP contribution in [-0.4, -0.2) is 23.9 Å². The van der Waals surface area contributed by atoms with E-state index in [4.69, 9.17) is 10.5 Å². The topological polar surface area (TPSA) is 55.5 Å². The molecule has 0 amide bonds. The molecule has 0 aromatic heterocycles. The van der Waals surface area contributed by atoms with Crippen LogP contribution in [-0.2, 0) is 4.74 Å². The predicted octanol–water partition coefficient (Wildman–Crippen LogP) is 1.92. The molecule has 1 aromatic rings. The van der Waals surface area contributed by atoms with Crippen molar-refractivity contribution in [3.8, 4) is 0 Å². The second-order valence-electron chi connectivity index (χ2n) is 5.78. The van der Waals surface area contributed by atoms with E-state index in [0.717, 1.165) is 24.8 Å². The zero-order valence-corrected chi connectivity index (χ0v) is 10.8. The highest BCUT2D eigenvalue weighted by atomic mass is 16.5. The van der Waals surface area contributed by atoms with Gasteiger partial charge in [-0.05, 0) is 31.7 Å². The Kier molecular flexibility index (Phi) is 2.93. The van der Waals surface area contributed by atoms with Gasteiger partial charge >= 0.3 is 0 Å². The molecule has 18 heavy (non-hydrogen) atoms. The zero-order valence-electron chi connectivity index (χ0n) is 10.8. The van der Waals surface area contributed by atoms with Gasteiger partial charge in [0.1, 0.15) is 0 Å². The molecular formula is C15H21NO2. The Bertz CT molecular complexity index is 448. The highest BCUT2D eigenvalue weighted by Crippen LogP contribution is 2.53. The average molecular weight is 247 g/mol. The van der Waals surface area contributed by atoms with Crippen molar-refractivity contribution < 1.29 is 9.84 Å². The summed E-state index contributed by atoms with van der Waals surface area (Å²) in [5.41, 5.74) is 7.85. The van der Waals surface area contributed by atoms with E-state index in [9.17, 15) is 5.11 Å². The fraction of sp³-hybridized carbons (Fsp3) is 0.600. The van der Waals surface area contributed by atoms with E-state index in [2.05, 4.69) is 0 Å². The minimum Gasteiger partial charge on any atom is -0.388 e. The molecule has 98 valence electrons. The maximum absolute atomic E-state index is 10.8. The molecule has 0 saturated carbocycles. The lowest BCUT2D eigenvalue weighted by atomic mass is 9.68. The lowest BCUT2D eigenvalue weighted by Gasteiger charge is -2.38. The maximum atomic E-state index is 10.8. The molecule has 3 N–H and O–H groups in total. The van der Waals surface area contributed by atoms with Gasteiger partial charge in [-0.3, -0.25) is 0 Å². The van der Waals surface area contributed by atoms with Crippen LogP contribution in [0.1, 0.15) is 36.5 Å². The molecule has 2 bridgehead atoms. The van der Waals surface area contributed by atoms with Crippen molar-refractivity contribution >= 4 is 0 Å². The van der Waals surface area contributed by atoms with Gasteiger partial charge in [-0.25, -0.2) is 0 Å². The zero-order chi connectivity index (χ0) is 12.8. The number of ether oxygens (including phenoxy) is 1. The number of fused-ring (bicyclic) bond motifs is 2. The molecule has 2 heterocycles. The van der Waals surface area contributed by atoms with E-state index in [1.807, 2.05) is 31.2 Å². The van der Waals surface area contributed by atoms with Gasteiger partial charge in [0.25, 0.3) is 0 Å². The van der Waals surface area contributed by atoms with Gasteiger partial charge < -0.3 is 15.6 Å². The number of aliphatic hydroxyl groups is 1. The molecule has 3 rings (SSSR count). The third-order valence-corrected chi connectivity index (χ3v) is 4.64. The van der Waals surface area contributed by atoms with Crippen LogP contribution in [0.2, 0.25) is 0 Å². The maximum Gasteiger partial charge on any atom is 0.0884 e. The van der Waals surface area contributed by atoms with Gasteiger partial charge in [-0.2, -0.15) is 0 Å². The molecular weight excluding hydrogens is 226 g/mol. The van der Waals surface area contributed by atoms with Crippen LogP contribution in [0.4, 0.5) is 0 Å². The van der Waals surface area contributed by atoms with Crippen LogP contribution >= 0.6 is 0 Å². The predicted molar refractivity (Wildman–Crippen MR) is 70.1 cm³/mol. The lowest BCUT2D eigenvalue weighted by Crippen LogP contribution is -2.44. The molecule has 4 atom stereocenters. The van der Waals surface area contributed by atoms with Crippen molar-refractivity contribution in [3.05, 3.63) is 35.4 Å². The van der Waals surface area contributed by atoms with Gasteiger partial charge in [0.15, 0.2) is 0 Å². The highest BCUT2D eigenvalue weighted by molar-refractivity contribution is 5.27. The van der Waals surface area contributed by atoms with Crippen molar-refractivity contribution in [2.45, 2.75) is 44.5 Å². The second kappa shape index (κ2) is 4.34. The molecule has 1 aromatic carbocycles. The summed E-state index contributed by atoms with van der Waals surface area (Å²) in [6.07, 6.45) is 2.96. The number of hydrogen-bond donors (Lipinski definition) is 2. The second-order valence-corrected chi connectivity index (χ2v) is 5.78. The molecule has 2 saturated heterocycles. The first-order valence-electron chi connectivity index (χ1n) is 6.76. The Balaban J connectivity index is 1.93. The number of nitrogens with two attached hydrogens (primary N) is 1. The molecule has 3 heteroatoms. The highest BCUT2D eigenvalue weighted by Gasteiger charge is 2.55. The Labute approximate surface area is 108 Å². The first kappa shape index (κ1) is 12.2. The number of hydrogen-bond acceptors (Lipinski definition) is 3. The quantitative estimate of drug-likeness (QED) is 0.858. The van der Waals surface area contributed by atoms with Crippen LogP contribution in [0.3, 0.4) is 0 Å². The van der Waals surface area contributed by atoms with Crippen LogP contribution in [0, 0.1) is 12.3 Å². The first-order valence-corrected chi connectivity index (χ1v) is 6.76. The van der Waals surface area contributed by atoms with Gasteiger partial charge in [-0.1, -0.05) is 29.8 Å². The van der Waals surface area contributed by atoms with Crippen molar-refractivity contribution in [3.63, 3.8) is 0 Å². The number of aryl methyl sites for hydroxylation is 1. The summed E-state index contributed by atoms with van der Waals surface area (Å²) in [5, 5.41) is 10.8. The number of rotatable bonds is 3. The molecule has 0 aliphatic carbocycles. The molecule has 3 nitrogen and oxygen atoms in total. The lowest BCUT2D eigenvalue weighted by molar-refractivity contribution is -0.0264. The Morgan fingerprint density at radius 3 is 2.89 bits per heavy atom. The van der Waals surface area contributed by atoms with E-state index < -0.39 is 6.10 Å². The smallest absolute Gasteiger partial charge is 0.0884 e. The van der Waals surface area contributed by atoms with E-state index in [0.29, 0.717) is 12.6 Å². The van der Waals surface area contributed by atoms with Gasteiger partial charge in [0.05, 0.1) is 18.3 Å². The van der Waals surface area contributed by atoms with Gasteiger partial charge in [0, 0.05) is 12.0 Å². The normalized spacial score (nSPS) is 35.9. The third kappa shape index (κ3) is 1.69. The first-order chi connectivity index (χ1) is 8.65. The van der Waals surface area contributed by atoms with Crippen molar-refractivity contribution in [2.24, 2.45) is 11.1 Å².